The average Bonchev–Trinajstić information content (AvgIpc) is 3.10. The Morgan fingerprint density at radius 2 is 1.75 bits per heavy atom. The third-order valence-electron chi connectivity index (χ3n) is 6.67. The maximum atomic E-state index is 12.9. The first kappa shape index (κ1) is 22.3. The van der Waals surface area contributed by atoms with Crippen LogP contribution in [0.1, 0.15) is 42.9 Å². The summed E-state index contributed by atoms with van der Waals surface area (Å²) < 4.78 is 2.25. The van der Waals surface area contributed by atoms with E-state index in [0.717, 1.165) is 63.1 Å². The summed E-state index contributed by atoms with van der Waals surface area (Å²) in [5.41, 5.74) is 1.31. The Bertz CT molecular complexity index is 918. The van der Waals surface area contributed by atoms with Crippen LogP contribution in [0.5, 0.6) is 0 Å². The molecule has 1 atom stereocenters. The second-order valence-electron chi connectivity index (χ2n) is 9.14. The van der Waals surface area contributed by atoms with Crippen LogP contribution in [0.15, 0.2) is 30.3 Å². The predicted octanol–water partition coefficient (Wildman–Crippen LogP) is 2.28. The lowest BCUT2D eigenvalue weighted by Gasteiger charge is -2.33. The zero-order chi connectivity index (χ0) is 22.5. The number of hydrogen-bond donors (Lipinski definition) is 1. The number of nitrogens with zero attached hydrogens (tertiary/aromatic N) is 5. The van der Waals surface area contributed by atoms with Gasteiger partial charge in [-0.05, 0) is 37.7 Å². The van der Waals surface area contributed by atoms with E-state index in [4.69, 9.17) is 0 Å². The van der Waals surface area contributed by atoms with E-state index in [0.29, 0.717) is 13.1 Å². The highest BCUT2D eigenvalue weighted by Gasteiger charge is 2.30. The van der Waals surface area contributed by atoms with E-state index < -0.39 is 0 Å². The number of urea groups is 1. The molecule has 0 radical (unpaired) electrons. The SMILES string of the molecule is CN(C)C(=O)N1CCC(C(=O)NC2CCc3nnc(CCc4ccccc4)n3CC2)CC1. The van der Waals surface area contributed by atoms with Gasteiger partial charge in [-0.2, -0.15) is 0 Å². The van der Waals surface area contributed by atoms with Gasteiger partial charge in [-0.25, -0.2) is 4.79 Å². The molecule has 1 unspecified atom stereocenters. The lowest BCUT2D eigenvalue weighted by molar-refractivity contribution is -0.127. The minimum absolute atomic E-state index is 0.00962. The molecule has 2 aliphatic heterocycles. The molecule has 8 heteroatoms. The summed E-state index contributed by atoms with van der Waals surface area (Å²) >= 11 is 0. The summed E-state index contributed by atoms with van der Waals surface area (Å²) in [6, 6.07) is 10.6. The highest BCUT2D eigenvalue weighted by atomic mass is 16.2. The van der Waals surface area contributed by atoms with Crippen LogP contribution in [-0.2, 0) is 30.6 Å². The Hall–Kier alpha value is -2.90. The third-order valence-corrected chi connectivity index (χ3v) is 6.67. The molecule has 172 valence electrons. The summed E-state index contributed by atoms with van der Waals surface area (Å²) in [6.07, 6.45) is 5.90. The summed E-state index contributed by atoms with van der Waals surface area (Å²) in [7, 11) is 3.53. The number of piperidine rings is 1. The standard InChI is InChI=1S/C24H34N6O2/c1-28(2)24(32)29-15-12-19(13-16-29)23(31)25-20-9-11-22-27-26-21(30(22)17-14-20)10-8-18-6-4-3-5-7-18/h3-7,19-20H,8-17H2,1-2H3,(H,25,31). The Kier molecular flexibility index (Phi) is 7.07. The van der Waals surface area contributed by atoms with E-state index in [2.05, 4.69) is 44.3 Å². The fourth-order valence-corrected chi connectivity index (χ4v) is 4.71. The van der Waals surface area contributed by atoms with Crippen molar-refractivity contribution in [1.82, 2.24) is 29.9 Å². The molecular formula is C24H34N6O2. The second kappa shape index (κ2) is 10.1. The van der Waals surface area contributed by atoms with Gasteiger partial charge in [-0.15, -0.1) is 10.2 Å². The van der Waals surface area contributed by atoms with Crippen LogP contribution in [0.25, 0.3) is 0 Å². The molecule has 0 bridgehead atoms. The van der Waals surface area contributed by atoms with E-state index in [9.17, 15) is 9.59 Å². The van der Waals surface area contributed by atoms with Crippen molar-refractivity contribution in [1.29, 1.82) is 0 Å². The third kappa shape index (κ3) is 5.29. The van der Waals surface area contributed by atoms with Crippen molar-refractivity contribution in [3.8, 4) is 0 Å². The Morgan fingerprint density at radius 3 is 2.47 bits per heavy atom. The van der Waals surface area contributed by atoms with Crippen molar-refractivity contribution in [2.75, 3.05) is 27.2 Å². The van der Waals surface area contributed by atoms with Gasteiger partial charge in [0.05, 0.1) is 0 Å². The molecule has 32 heavy (non-hydrogen) atoms. The number of carbonyl (C=O) groups is 2. The van der Waals surface area contributed by atoms with Crippen LogP contribution in [0, 0.1) is 5.92 Å². The Labute approximate surface area is 190 Å². The van der Waals surface area contributed by atoms with Gasteiger partial charge >= 0.3 is 6.03 Å². The monoisotopic (exact) mass is 438 g/mol. The molecule has 3 amide bonds. The molecule has 1 aromatic carbocycles. The molecule has 0 saturated carbocycles. The fraction of sp³-hybridized carbons (Fsp3) is 0.583. The molecule has 1 aromatic heterocycles. The summed E-state index contributed by atoms with van der Waals surface area (Å²) in [5, 5.41) is 12.2. The van der Waals surface area contributed by atoms with Crippen LogP contribution in [-0.4, -0.2) is 69.7 Å². The van der Waals surface area contributed by atoms with Gasteiger partial charge in [0, 0.05) is 58.5 Å². The number of fused-ring (bicyclic) bond motifs is 1. The largest absolute Gasteiger partial charge is 0.353 e. The van der Waals surface area contributed by atoms with Crippen molar-refractivity contribution in [2.45, 2.75) is 57.5 Å². The molecule has 2 aliphatic rings. The van der Waals surface area contributed by atoms with Crippen molar-refractivity contribution >= 4 is 11.9 Å². The highest BCUT2D eigenvalue weighted by molar-refractivity contribution is 5.80. The molecule has 2 aromatic rings. The van der Waals surface area contributed by atoms with Gasteiger partial charge in [-0.3, -0.25) is 4.79 Å². The lowest BCUT2D eigenvalue weighted by atomic mass is 9.95. The van der Waals surface area contributed by atoms with E-state index in [1.54, 1.807) is 19.0 Å². The first-order valence-corrected chi connectivity index (χ1v) is 11.7. The quantitative estimate of drug-likeness (QED) is 0.776. The number of likely N-dealkylation sites (tertiary alicyclic amines) is 1. The summed E-state index contributed by atoms with van der Waals surface area (Å²) in [6.45, 7) is 2.13. The maximum Gasteiger partial charge on any atom is 0.319 e. The van der Waals surface area contributed by atoms with Crippen molar-refractivity contribution in [3.05, 3.63) is 47.5 Å². The normalized spacial score (nSPS) is 19.2. The molecule has 4 rings (SSSR count). The Balaban J connectivity index is 1.27. The molecule has 0 spiro atoms. The van der Waals surface area contributed by atoms with Crippen molar-refractivity contribution < 1.29 is 9.59 Å². The van der Waals surface area contributed by atoms with Crippen molar-refractivity contribution in [3.63, 3.8) is 0 Å². The van der Waals surface area contributed by atoms with Crippen molar-refractivity contribution in [2.24, 2.45) is 5.92 Å². The number of nitrogens with one attached hydrogen (secondary N) is 1. The number of carbonyl (C=O) groups excluding carboxylic acids is 2. The molecule has 1 N–H and O–H groups in total. The van der Waals surface area contributed by atoms with Gasteiger partial charge in [-0.1, -0.05) is 30.3 Å². The fourth-order valence-electron chi connectivity index (χ4n) is 4.71. The zero-order valence-corrected chi connectivity index (χ0v) is 19.2. The number of aryl methyl sites for hydroxylation is 3. The van der Waals surface area contributed by atoms with Gasteiger partial charge < -0.3 is 19.7 Å². The van der Waals surface area contributed by atoms with Crippen LogP contribution < -0.4 is 5.32 Å². The molecule has 0 aliphatic carbocycles. The highest BCUT2D eigenvalue weighted by Crippen LogP contribution is 2.21. The van der Waals surface area contributed by atoms with Gasteiger partial charge in [0.2, 0.25) is 5.91 Å². The van der Waals surface area contributed by atoms with Gasteiger partial charge in [0.25, 0.3) is 0 Å². The number of amides is 3. The molecular weight excluding hydrogens is 404 g/mol. The maximum absolute atomic E-state index is 12.9. The van der Waals surface area contributed by atoms with Crippen LogP contribution in [0.3, 0.4) is 0 Å². The number of rotatable bonds is 5. The van der Waals surface area contributed by atoms with Crippen LogP contribution in [0.4, 0.5) is 4.79 Å². The van der Waals surface area contributed by atoms with Gasteiger partial charge in [0.1, 0.15) is 11.6 Å². The second-order valence-corrected chi connectivity index (χ2v) is 9.14. The number of hydrogen-bond acceptors (Lipinski definition) is 4. The smallest absolute Gasteiger partial charge is 0.319 e. The van der Waals surface area contributed by atoms with Crippen LogP contribution in [0.2, 0.25) is 0 Å². The summed E-state index contributed by atoms with van der Waals surface area (Å²) in [5.74, 6) is 2.19. The minimum Gasteiger partial charge on any atom is -0.353 e. The van der Waals surface area contributed by atoms with E-state index in [1.165, 1.54) is 5.56 Å². The minimum atomic E-state index is -0.00962. The van der Waals surface area contributed by atoms with E-state index in [1.807, 2.05) is 11.0 Å². The topological polar surface area (TPSA) is 83.4 Å². The van der Waals surface area contributed by atoms with Gasteiger partial charge in [0.15, 0.2) is 0 Å². The number of aromatic nitrogens is 3. The van der Waals surface area contributed by atoms with Crippen LogP contribution >= 0.6 is 0 Å². The lowest BCUT2D eigenvalue weighted by Crippen LogP contribution is -2.47. The Morgan fingerprint density at radius 1 is 1.00 bits per heavy atom. The van der Waals surface area contributed by atoms with E-state index >= 15 is 0 Å². The average molecular weight is 439 g/mol. The predicted molar refractivity (Wildman–Crippen MR) is 122 cm³/mol. The first-order valence-electron chi connectivity index (χ1n) is 11.7. The zero-order valence-electron chi connectivity index (χ0n) is 19.2. The molecule has 1 fully saturated rings. The first-order chi connectivity index (χ1) is 15.5. The summed E-state index contributed by atoms with van der Waals surface area (Å²) in [4.78, 5) is 28.4. The molecule has 1 saturated heterocycles. The number of benzene rings is 1. The molecule has 3 heterocycles. The molecule has 8 nitrogen and oxygen atoms in total. The van der Waals surface area contributed by atoms with E-state index in [-0.39, 0.29) is 23.9 Å².